The first-order chi connectivity index (χ1) is 23.2. The predicted molar refractivity (Wildman–Crippen MR) is 216 cm³/mol. The fourth-order valence-electron chi connectivity index (χ4n) is 4.82. The Morgan fingerprint density at radius 2 is 0.804 bits per heavy atom. The maximum Gasteiger partial charge on any atom is 0.333 e. The third kappa shape index (κ3) is 22.4. The van der Waals surface area contributed by atoms with Gasteiger partial charge < -0.3 is 19.7 Å². The standard InChI is InChI=1S/C24H32O2.2C8H14O2.C3H8.C2H6/c1-23(2,25)21-13-9-19(10-14-21)17-5-7-18(8-6-17)20-11-15-22(16-12-20)24(3,4)26;2*1-6(2)7(9)10-8(3,4)5;1-3-2;1-2/h9-18,25-26H,5-8H2,1-4H3;2*1H2,2-5H3;3H2,1-2H3;1-2H3. The fourth-order valence-corrected chi connectivity index (χ4v) is 4.82. The molecule has 0 heterocycles. The average molecular weight is 711 g/mol. The minimum Gasteiger partial charge on any atom is -0.457 e. The number of hydrogen-bond acceptors (Lipinski definition) is 6. The van der Waals surface area contributed by atoms with Crippen LogP contribution in [-0.2, 0) is 30.3 Å². The molecule has 0 unspecified atom stereocenters. The van der Waals surface area contributed by atoms with Crippen molar-refractivity contribution in [2.24, 2.45) is 0 Å². The van der Waals surface area contributed by atoms with Gasteiger partial charge in [-0.25, -0.2) is 9.59 Å². The van der Waals surface area contributed by atoms with Gasteiger partial charge in [0.1, 0.15) is 11.2 Å². The van der Waals surface area contributed by atoms with Crippen LogP contribution in [-0.4, -0.2) is 33.4 Å². The van der Waals surface area contributed by atoms with Gasteiger partial charge in [-0.1, -0.05) is 95.8 Å². The van der Waals surface area contributed by atoms with Gasteiger partial charge in [0.25, 0.3) is 0 Å². The molecule has 290 valence electrons. The molecule has 2 aromatic carbocycles. The van der Waals surface area contributed by atoms with E-state index in [9.17, 15) is 19.8 Å². The van der Waals surface area contributed by atoms with Crippen LogP contribution >= 0.6 is 0 Å². The van der Waals surface area contributed by atoms with E-state index in [4.69, 9.17) is 9.47 Å². The van der Waals surface area contributed by atoms with Gasteiger partial charge in [0.15, 0.2) is 0 Å². The number of aliphatic hydroxyl groups is 2. The number of carbonyl (C=O) groups excluding carboxylic acids is 2. The molecule has 1 fully saturated rings. The molecule has 6 heteroatoms. The summed E-state index contributed by atoms with van der Waals surface area (Å²) < 4.78 is 9.92. The second kappa shape index (κ2) is 22.7. The van der Waals surface area contributed by atoms with Gasteiger partial charge in [-0.3, -0.25) is 0 Å². The molecule has 0 atom stereocenters. The number of hydrogen-bond donors (Lipinski definition) is 2. The van der Waals surface area contributed by atoms with Crippen LogP contribution in [0.15, 0.2) is 72.8 Å². The van der Waals surface area contributed by atoms with Crippen LogP contribution in [0.3, 0.4) is 0 Å². The topological polar surface area (TPSA) is 93.1 Å². The van der Waals surface area contributed by atoms with E-state index in [-0.39, 0.29) is 11.9 Å². The highest BCUT2D eigenvalue weighted by Crippen LogP contribution is 2.41. The van der Waals surface area contributed by atoms with Gasteiger partial charge in [0.05, 0.1) is 11.2 Å². The molecular weight excluding hydrogens is 636 g/mol. The lowest BCUT2D eigenvalue weighted by atomic mass is 9.75. The van der Waals surface area contributed by atoms with Crippen LogP contribution in [0, 0.1) is 0 Å². The fraction of sp³-hybridized carbons (Fsp3) is 0.600. The van der Waals surface area contributed by atoms with Gasteiger partial charge in [0, 0.05) is 11.1 Å². The normalized spacial score (nSPS) is 15.7. The smallest absolute Gasteiger partial charge is 0.333 e. The minimum absolute atomic E-state index is 0.326. The van der Waals surface area contributed by atoms with E-state index in [2.05, 4.69) is 75.5 Å². The van der Waals surface area contributed by atoms with Crippen molar-refractivity contribution in [1.29, 1.82) is 0 Å². The molecule has 1 aliphatic rings. The highest BCUT2D eigenvalue weighted by atomic mass is 16.6. The third-order valence-corrected chi connectivity index (χ3v) is 7.40. The summed E-state index contributed by atoms with van der Waals surface area (Å²) in [5.41, 5.74) is 3.26. The van der Waals surface area contributed by atoms with Crippen molar-refractivity contribution in [3.63, 3.8) is 0 Å². The summed E-state index contributed by atoms with van der Waals surface area (Å²) in [4.78, 5) is 21.7. The second-order valence-electron chi connectivity index (χ2n) is 16.2. The van der Waals surface area contributed by atoms with Crippen molar-refractivity contribution in [3.8, 4) is 0 Å². The van der Waals surface area contributed by atoms with Gasteiger partial charge >= 0.3 is 11.9 Å². The highest BCUT2D eigenvalue weighted by molar-refractivity contribution is 5.87. The molecule has 2 aromatic rings. The molecule has 6 nitrogen and oxygen atoms in total. The Kier molecular flexibility index (Phi) is 22.2. The second-order valence-corrected chi connectivity index (χ2v) is 16.2. The predicted octanol–water partition coefficient (Wildman–Crippen LogP) is 11.8. The zero-order chi connectivity index (χ0) is 40.4. The molecule has 51 heavy (non-hydrogen) atoms. The van der Waals surface area contributed by atoms with E-state index < -0.39 is 22.4 Å². The Hall–Kier alpha value is -3.22. The van der Waals surface area contributed by atoms with Crippen molar-refractivity contribution in [2.45, 2.75) is 177 Å². The summed E-state index contributed by atoms with van der Waals surface area (Å²) in [7, 11) is 0. The molecule has 0 saturated heterocycles. The zero-order valence-corrected chi connectivity index (χ0v) is 35.3. The van der Waals surface area contributed by atoms with E-state index in [0.717, 1.165) is 11.1 Å². The van der Waals surface area contributed by atoms with Crippen molar-refractivity contribution >= 4 is 11.9 Å². The molecule has 0 amide bonds. The Labute approximate surface area is 312 Å². The Balaban J connectivity index is 0. The quantitative estimate of drug-likeness (QED) is 0.229. The van der Waals surface area contributed by atoms with E-state index in [1.54, 1.807) is 13.8 Å². The molecule has 1 aliphatic carbocycles. The SMILES string of the molecule is C=C(C)C(=O)OC(C)(C)C.C=C(C)C(=O)OC(C)(C)C.CC.CC(C)(O)c1ccc(C2CCC(c3ccc(C(C)(C)O)cc3)CC2)cc1.CCC. The molecule has 0 aliphatic heterocycles. The molecule has 3 rings (SSSR count). The van der Waals surface area contributed by atoms with Crippen LogP contribution in [0.25, 0.3) is 0 Å². The highest BCUT2D eigenvalue weighted by Gasteiger charge is 2.25. The van der Waals surface area contributed by atoms with E-state index >= 15 is 0 Å². The molecule has 2 N–H and O–H groups in total. The molecule has 0 aromatic heterocycles. The lowest BCUT2D eigenvalue weighted by molar-refractivity contribution is -0.150. The van der Waals surface area contributed by atoms with E-state index in [1.807, 2.05) is 83.1 Å². The molecular formula is C45H74O6. The zero-order valence-electron chi connectivity index (χ0n) is 35.3. The average Bonchev–Trinajstić information content (AvgIpc) is 3.01. The van der Waals surface area contributed by atoms with Crippen molar-refractivity contribution in [2.75, 3.05) is 0 Å². The summed E-state index contributed by atoms with van der Waals surface area (Å²) in [6.07, 6.45) is 6.08. The first kappa shape index (κ1) is 49.9. The van der Waals surface area contributed by atoms with E-state index in [1.165, 1.54) is 43.2 Å². The molecule has 1 saturated carbocycles. The third-order valence-electron chi connectivity index (χ3n) is 7.40. The maximum absolute atomic E-state index is 10.8. The van der Waals surface area contributed by atoms with Crippen LogP contribution in [0.5, 0.6) is 0 Å². The number of ether oxygens (including phenoxy) is 2. The number of benzene rings is 2. The number of esters is 2. The minimum atomic E-state index is -0.772. The largest absolute Gasteiger partial charge is 0.457 e. The Morgan fingerprint density at radius 1 is 0.588 bits per heavy atom. The molecule has 0 radical (unpaired) electrons. The first-order valence-electron chi connectivity index (χ1n) is 18.6. The maximum atomic E-state index is 10.8. The van der Waals surface area contributed by atoms with Gasteiger partial charge in [-0.15, -0.1) is 0 Å². The lowest BCUT2D eigenvalue weighted by Crippen LogP contribution is -2.23. The summed E-state index contributed by atoms with van der Waals surface area (Å²) in [6.45, 7) is 36.7. The number of rotatable bonds is 6. The Bertz CT molecular complexity index is 1200. The van der Waals surface area contributed by atoms with Gasteiger partial charge in [-0.2, -0.15) is 0 Å². The van der Waals surface area contributed by atoms with Crippen molar-refractivity contribution in [3.05, 3.63) is 95.1 Å². The van der Waals surface area contributed by atoms with Crippen LogP contribution in [0.4, 0.5) is 0 Å². The van der Waals surface area contributed by atoms with Crippen LogP contribution < -0.4 is 0 Å². The van der Waals surface area contributed by atoms with Crippen molar-refractivity contribution < 1.29 is 29.3 Å². The molecule has 0 spiro atoms. The van der Waals surface area contributed by atoms with Gasteiger partial charge in [0.2, 0.25) is 0 Å². The van der Waals surface area contributed by atoms with Gasteiger partial charge in [-0.05, 0) is 143 Å². The van der Waals surface area contributed by atoms with E-state index in [0.29, 0.717) is 23.0 Å². The Morgan fingerprint density at radius 3 is 0.941 bits per heavy atom. The molecule has 0 bridgehead atoms. The summed E-state index contributed by atoms with van der Waals surface area (Å²) in [6, 6.07) is 17.0. The monoisotopic (exact) mass is 711 g/mol. The lowest BCUT2D eigenvalue weighted by Gasteiger charge is -2.30. The first-order valence-corrected chi connectivity index (χ1v) is 18.6. The van der Waals surface area contributed by atoms with Crippen LogP contribution in [0.1, 0.15) is 177 Å². The van der Waals surface area contributed by atoms with Crippen LogP contribution in [0.2, 0.25) is 0 Å². The van der Waals surface area contributed by atoms with Crippen molar-refractivity contribution in [1.82, 2.24) is 0 Å². The summed E-state index contributed by atoms with van der Waals surface area (Å²) in [5.74, 6) is 0.593. The summed E-state index contributed by atoms with van der Waals surface area (Å²) in [5, 5.41) is 20.2. The number of carbonyl (C=O) groups is 2. The summed E-state index contributed by atoms with van der Waals surface area (Å²) >= 11 is 0.